The number of piperazine rings is 1. The van der Waals surface area contributed by atoms with Gasteiger partial charge in [-0.2, -0.15) is 0 Å². The summed E-state index contributed by atoms with van der Waals surface area (Å²) in [4.78, 5) is 6.76. The fourth-order valence-electron chi connectivity index (χ4n) is 3.54. The molecule has 7 nitrogen and oxygen atoms in total. The Labute approximate surface area is 173 Å². The first-order chi connectivity index (χ1) is 14.0. The minimum atomic E-state index is -0.534. The first-order valence-electron chi connectivity index (χ1n) is 10.1. The highest BCUT2D eigenvalue weighted by molar-refractivity contribution is 5.43. The molecule has 1 saturated heterocycles. The summed E-state index contributed by atoms with van der Waals surface area (Å²) in [6.45, 7) is 6.40. The van der Waals surface area contributed by atoms with E-state index in [1.54, 1.807) is 13.4 Å². The Hall–Kier alpha value is -2.06. The number of methoxy groups -OCH3 is 1. The van der Waals surface area contributed by atoms with Crippen LogP contribution in [-0.4, -0.2) is 86.4 Å². The van der Waals surface area contributed by atoms with Crippen LogP contribution in [0.1, 0.15) is 11.3 Å². The van der Waals surface area contributed by atoms with Crippen molar-refractivity contribution in [3.63, 3.8) is 0 Å². The molecular formula is C22H33N3O4. The summed E-state index contributed by atoms with van der Waals surface area (Å²) in [5, 5.41) is 10.4. The normalized spacial score (nSPS) is 16.9. The molecule has 0 aliphatic carbocycles. The number of benzene rings is 1. The van der Waals surface area contributed by atoms with Crippen LogP contribution in [0, 0.1) is 0 Å². The average Bonchev–Trinajstić information content (AvgIpc) is 3.21. The van der Waals surface area contributed by atoms with Crippen molar-refractivity contribution in [3.8, 4) is 11.5 Å². The fourth-order valence-corrected chi connectivity index (χ4v) is 3.54. The van der Waals surface area contributed by atoms with Crippen molar-refractivity contribution in [2.75, 3.05) is 60.5 Å². The minimum Gasteiger partial charge on any atom is -0.493 e. The zero-order valence-corrected chi connectivity index (χ0v) is 17.7. The molecule has 0 unspecified atom stereocenters. The maximum absolute atomic E-state index is 10.4. The molecule has 1 atom stereocenters. The summed E-state index contributed by atoms with van der Waals surface area (Å²) in [5.74, 6) is 2.27. The molecule has 1 aromatic heterocycles. The van der Waals surface area contributed by atoms with Crippen LogP contribution >= 0.6 is 0 Å². The molecule has 0 bridgehead atoms. The summed E-state index contributed by atoms with van der Waals surface area (Å²) in [6.07, 6.45) is 1.16. The number of β-amino-alcohol motifs (C(OH)–C–C–N with tert-alkyl or cyclic N) is 1. The quantitative estimate of drug-likeness (QED) is 0.650. The number of aliphatic hydroxyl groups is 1. The lowest BCUT2D eigenvalue weighted by atomic mass is 10.2. The predicted molar refractivity (Wildman–Crippen MR) is 112 cm³/mol. The first kappa shape index (κ1) is 21.6. The lowest BCUT2D eigenvalue weighted by Gasteiger charge is -2.33. The van der Waals surface area contributed by atoms with Crippen LogP contribution in [-0.2, 0) is 13.1 Å². The first-order valence-corrected chi connectivity index (χ1v) is 10.1. The maximum Gasteiger partial charge on any atom is 0.161 e. The van der Waals surface area contributed by atoms with Crippen LogP contribution in [0.25, 0.3) is 0 Å². The van der Waals surface area contributed by atoms with Crippen molar-refractivity contribution in [1.82, 2.24) is 14.7 Å². The number of furan rings is 1. The van der Waals surface area contributed by atoms with Gasteiger partial charge in [0.05, 0.1) is 19.9 Å². The third-order valence-electron chi connectivity index (χ3n) is 5.18. The summed E-state index contributed by atoms with van der Waals surface area (Å²) in [5.41, 5.74) is 1.11. The second-order valence-corrected chi connectivity index (χ2v) is 7.81. The van der Waals surface area contributed by atoms with E-state index < -0.39 is 6.10 Å². The van der Waals surface area contributed by atoms with E-state index in [9.17, 15) is 5.11 Å². The van der Waals surface area contributed by atoms with Gasteiger partial charge < -0.3 is 23.9 Å². The van der Waals surface area contributed by atoms with Gasteiger partial charge in [0.15, 0.2) is 11.5 Å². The molecule has 2 aromatic rings. The molecule has 0 radical (unpaired) electrons. The SMILES string of the molecule is COc1ccc(CN(C)Cc2ccco2)cc1OC[C@H](O)CN1CCN(C)CC1. The average molecular weight is 404 g/mol. The van der Waals surface area contributed by atoms with Gasteiger partial charge in [-0.3, -0.25) is 9.80 Å². The van der Waals surface area contributed by atoms with E-state index in [2.05, 4.69) is 21.7 Å². The Balaban J connectivity index is 1.52. The van der Waals surface area contributed by atoms with Gasteiger partial charge in [0.2, 0.25) is 0 Å². The van der Waals surface area contributed by atoms with Crippen LogP contribution in [0.5, 0.6) is 11.5 Å². The van der Waals surface area contributed by atoms with Crippen LogP contribution < -0.4 is 9.47 Å². The molecule has 0 spiro atoms. The van der Waals surface area contributed by atoms with Crippen LogP contribution in [0.2, 0.25) is 0 Å². The molecule has 0 amide bonds. The van der Waals surface area contributed by atoms with Crippen LogP contribution in [0.4, 0.5) is 0 Å². The molecule has 2 heterocycles. The number of ether oxygens (including phenoxy) is 2. The maximum atomic E-state index is 10.4. The Morgan fingerprint density at radius 2 is 1.93 bits per heavy atom. The summed E-state index contributed by atoms with van der Waals surface area (Å²) in [6, 6.07) is 9.81. The van der Waals surface area contributed by atoms with E-state index in [0.29, 0.717) is 18.0 Å². The summed E-state index contributed by atoms with van der Waals surface area (Å²) >= 11 is 0. The van der Waals surface area contributed by atoms with E-state index in [1.807, 2.05) is 37.4 Å². The highest BCUT2D eigenvalue weighted by Crippen LogP contribution is 2.29. The zero-order valence-electron chi connectivity index (χ0n) is 17.7. The van der Waals surface area contributed by atoms with E-state index >= 15 is 0 Å². The Kier molecular flexibility index (Phi) is 7.94. The molecule has 0 saturated carbocycles. The molecule has 1 aromatic carbocycles. The topological polar surface area (TPSA) is 61.6 Å². The van der Waals surface area contributed by atoms with E-state index in [4.69, 9.17) is 13.9 Å². The van der Waals surface area contributed by atoms with E-state index in [-0.39, 0.29) is 6.61 Å². The largest absolute Gasteiger partial charge is 0.493 e. The second-order valence-electron chi connectivity index (χ2n) is 7.81. The molecule has 3 rings (SSSR count). The Morgan fingerprint density at radius 1 is 1.14 bits per heavy atom. The van der Waals surface area contributed by atoms with E-state index in [1.165, 1.54) is 0 Å². The van der Waals surface area contributed by atoms with Gasteiger partial charge in [0.25, 0.3) is 0 Å². The molecule has 29 heavy (non-hydrogen) atoms. The lowest BCUT2D eigenvalue weighted by Crippen LogP contribution is -2.47. The third kappa shape index (κ3) is 6.75. The van der Waals surface area contributed by atoms with Gasteiger partial charge >= 0.3 is 0 Å². The standard InChI is InChI=1S/C22H33N3O4/c1-23-8-10-25(11-9-23)15-19(26)17-29-22-13-18(6-7-21(22)27-3)14-24(2)16-20-5-4-12-28-20/h4-7,12-13,19,26H,8-11,14-17H2,1-3H3/t19-/m1/s1. The number of hydrogen-bond donors (Lipinski definition) is 1. The molecule has 1 fully saturated rings. The number of aliphatic hydroxyl groups excluding tert-OH is 1. The Morgan fingerprint density at radius 3 is 2.62 bits per heavy atom. The number of rotatable bonds is 10. The highest BCUT2D eigenvalue weighted by Gasteiger charge is 2.18. The van der Waals surface area contributed by atoms with Crippen molar-refractivity contribution in [3.05, 3.63) is 47.9 Å². The van der Waals surface area contributed by atoms with Crippen LogP contribution in [0.3, 0.4) is 0 Å². The number of hydrogen-bond acceptors (Lipinski definition) is 7. The Bertz CT molecular complexity index is 730. The van der Waals surface area contributed by atoms with Crippen molar-refractivity contribution >= 4 is 0 Å². The van der Waals surface area contributed by atoms with Gasteiger partial charge in [0, 0.05) is 39.3 Å². The second kappa shape index (κ2) is 10.6. The van der Waals surface area contributed by atoms with Gasteiger partial charge in [-0.15, -0.1) is 0 Å². The van der Waals surface area contributed by atoms with Gasteiger partial charge in [-0.05, 0) is 43.9 Å². The summed E-state index contributed by atoms with van der Waals surface area (Å²) < 4.78 is 16.8. The van der Waals surface area contributed by atoms with Gasteiger partial charge in [-0.25, -0.2) is 0 Å². The molecule has 7 heteroatoms. The van der Waals surface area contributed by atoms with Crippen molar-refractivity contribution in [2.45, 2.75) is 19.2 Å². The third-order valence-corrected chi connectivity index (χ3v) is 5.18. The smallest absolute Gasteiger partial charge is 0.161 e. The van der Waals surface area contributed by atoms with Crippen molar-refractivity contribution in [1.29, 1.82) is 0 Å². The zero-order chi connectivity index (χ0) is 20.6. The fraction of sp³-hybridized carbons (Fsp3) is 0.545. The monoisotopic (exact) mass is 403 g/mol. The van der Waals surface area contributed by atoms with Gasteiger partial charge in [0.1, 0.15) is 18.5 Å². The van der Waals surface area contributed by atoms with Crippen molar-refractivity contribution in [2.24, 2.45) is 0 Å². The lowest BCUT2D eigenvalue weighted by molar-refractivity contribution is 0.0497. The number of nitrogens with zero attached hydrogens (tertiary/aromatic N) is 3. The van der Waals surface area contributed by atoms with E-state index in [0.717, 1.165) is 50.6 Å². The highest BCUT2D eigenvalue weighted by atomic mass is 16.5. The summed E-state index contributed by atoms with van der Waals surface area (Å²) in [7, 11) is 5.81. The molecule has 1 aliphatic rings. The van der Waals surface area contributed by atoms with Crippen molar-refractivity contribution < 1.29 is 19.0 Å². The molecular weight excluding hydrogens is 370 g/mol. The molecule has 160 valence electrons. The van der Waals surface area contributed by atoms with Gasteiger partial charge in [-0.1, -0.05) is 6.07 Å². The minimum absolute atomic E-state index is 0.244. The predicted octanol–water partition coefficient (Wildman–Crippen LogP) is 1.91. The molecule has 1 N–H and O–H groups in total. The molecule has 1 aliphatic heterocycles. The van der Waals surface area contributed by atoms with Crippen LogP contribution in [0.15, 0.2) is 41.0 Å². The number of likely N-dealkylation sites (N-methyl/N-ethyl adjacent to an activating group) is 1.